The topological polar surface area (TPSA) is 102 Å². The third kappa shape index (κ3) is 5.66. The van der Waals surface area contributed by atoms with E-state index in [-0.39, 0.29) is 0 Å². The van der Waals surface area contributed by atoms with E-state index in [1.54, 1.807) is 41.1 Å². The molecule has 3 aromatic rings. The minimum absolute atomic E-state index is 0.393. The molecular formula is C23H22N4O4. The Balaban J connectivity index is 1.51. The van der Waals surface area contributed by atoms with Crippen molar-refractivity contribution in [1.29, 1.82) is 0 Å². The molecule has 0 unspecified atom stereocenters. The number of para-hydroxylation sites is 1. The van der Waals surface area contributed by atoms with Gasteiger partial charge < -0.3 is 4.74 Å². The molecule has 8 nitrogen and oxygen atoms in total. The Hall–Kier alpha value is -4.20. The van der Waals surface area contributed by atoms with Crippen LogP contribution in [0.15, 0.2) is 66.7 Å². The van der Waals surface area contributed by atoms with Crippen molar-refractivity contribution in [2.24, 2.45) is 0 Å². The number of esters is 1. The van der Waals surface area contributed by atoms with Gasteiger partial charge in [-0.25, -0.2) is 9.48 Å². The summed E-state index contributed by atoms with van der Waals surface area (Å²) in [6.45, 7) is 3.22. The summed E-state index contributed by atoms with van der Waals surface area (Å²) in [4.78, 5) is 35.6. The van der Waals surface area contributed by atoms with Crippen LogP contribution in [0, 0.1) is 13.8 Å². The van der Waals surface area contributed by atoms with E-state index < -0.39 is 24.4 Å². The molecule has 0 aliphatic rings. The van der Waals surface area contributed by atoms with Crippen LogP contribution >= 0.6 is 0 Å². The van der Waals surface area contributed by atoms with Gasteiger partial charge in [0.2, 0.25) is 0 Å². The summed E-state index contributed by atoms with van der Waals surface area (Å²) in [5, 5.41) is 4.51. The molecule has 0 radical (unpaired) electrons. The maximum Gasteiger partial charge on any atom is 0.331 e. The molecule has 0 aliphatic carbocycles. The summed E-state index contributed by atoms with van der Waals surface area (Å²) in [5.74, 6) is -1.81. The SMILES string of the molecule is Cc1nn(-c2ccccc2)c(C)c1/C=C/C(=O)OCC(=O)NNC(=O)c1ccccc1. The van der Waals surface area contributed by atoms with Gasteiger partial charge in [-0.1, -0.05) is 36.4 Å². The van der Waals surface area contributed by atoms with Gasteiger partial charge in [0.1, 0.15) is 0 Å². The van der Waals surface area contributed by atoms with E-state index in [2.05, 4.69) is 16.0 Å². The van der Waals surface area contributed by atoms with E-state index in [0.29, 0.717) is 5.56 Å². The van der Waals surface area contributed by atoms with Crippen molar-refractivity contribution in [2.75, 3.05) is 6.61 Å². The number of hydrogen-bond donors (Lipinski definition) is 2. The first kappa shape index (κ1) is 21.5. The number of amides is 2. The molecule has 3 rings (SSSR count). The number of carbonyl (C=O) groups is 3. The van der Waals surface area contributed by atoms with Crippen LogP contribution in [-0.4, -0.2) is 34.2 Å². The summed E-state index contributed by atoms with van der Waals surface area (Å²) in [6.07, 6.45) is 2.84. The molecule has 0 aliphatic heterocycles. The highest BCUT2D eigenvalue weighted by Crippen LogP contribution is 2.19. The third-order valence-electron chi connectivity index (χ3n) is 4.43. The van der Waals surface area contributed by atoms with E-state index in [1.165, 1.54) is 6.08 Å². The summed E-state index contributed by atoms with van der Waals surface area (Å²) in [7, 11) is 0. The lowest BCUT2D eigenvalue weighted by Crippen LogP contribution is -2.43. The number of hydrogen-bond acceptors (Lipinski definition) is 5. The fourth-order valence-electron chi connectivity index (χ4n) is 2.88. The second-order valence-corrected chi connectivity index (χ2v) is 6.64. The van der Waals surface area contributed by atoms with Gasteiger partial charge in [-0.05, 0) is 44.2 Å². The third-order valence-corrected chi connectivity index (χ3v) is 4.43. The molecule has 2 amide bonds. The zero-order valence-electron chi connectivity index (χ0n) is 17.2. The number of rotatable bonds is 6. The van der Waals surface area contributed by atoms with Crippen molar-refractivity contribution < 1.29 is 19.1 Å². The summed E-state index contributed by atoms with van der Waals surface area (Å²) >= 11 is 0. The fraction of sp³-hybridized carbons (Fsp3) is 0.130. The summed E-state index contributed by atoms with van der Waals surface area (Å²) < 4.78 is 6.71. The molecule has 0 atom stereocenters. The van der Waals surface area contributed by atoms with Gasteiger partial charge in [0.15, 0.2) is 6.61 Å². The Morgan fingerprint density at radius 3 is 2.29 bits per heavy atom. The molecule has 158 valence electrons. The van der Waals surface area contributed by atoms with E-state index in [4.69, 9.17) is 4.74 Å². The maximum atomic E-state index is 12.0. The van der Waals surface area contributed by atoms with Crippen LogP contribution in [0.25, 0.3) is 11.8 Å². The van der Waals surface area contributed by atoms with Gasteiger partial charge in [-0.2, -0.15) is 5.10 Å². The van der Waals surface area contributed by atoms with E-state index in [1.807, 2.05) is 44.2 Å². The fourth-order valence-corrected chi connectivity index (χ4v) is 2.88. The molecule has 2 N–H and O–H groups in total. The van der Waals surface area contributed by atoms with Gasteiger partial charge in [0.05, 0.1) is 11.4 Å². The smallest absolute Gasteiger partial charge is 0.331 e. The lowest BCUT2D eigenvalue weighted by molar-refractivity contribution is -0.144. The highest BCUT2D eigenvalue weighted by molar-refractivity contribution is 5.95. The lowest BCUT2D eigenvalue weighted by atomic mass is 10.2. The number of hydrazine groups is 1. The van der Waals surface area contributed by atoms with Crippen LogP contribution in [-0.2, 0) is 14.3 Å². The van der Waals surface area contributed by atoms with Gasteiger partial charge in [0.25, 0.3) is 11.8 Å². The van der Waals surface area contributed by atoms with Crippen molar-refractivity contribution in [3.05, 3.63) is 89.3 Å². The van der Waals surface area contributed by atoms with Gasteiger partial charge in [-0.15, -0.1) is 0 Å². The predicted molar refractivity (Wildman–Crippen MR) is 115 cm³/mol. The van der Waals surface area contributed by atoms with Crippen molar-refractivity contribution in [3.63, 3.8) is 0 Å². The highest BCUT2D eigenvalue weighted by atomic mass is 16.5. The molecule has 0 saturated carbocycles. The first-order chi connectivity index (χ1) is 15.0. The molecule has 1 heterocycles. The van der Waals surface area contributed by atoms with E-state index >= 15 is 0 Å². The number of carbonyl (C=O) groups excluding carboxylic acids is 3. The molecule has 0 saturated heterocycles. The normalized spacial score (nSPS) is 10.6. The standard InChI is InChI=1S/C23H22N4O4/c1-16-20(17(2)27(26-16)19-11-7-4-8-12-19)13-14-22(29)31-15-21(28)24-25-23(30)18-9-5-3-6-10-18/h3-14H,15H2,1-2H3,(H,24,28)(H,25,30)/b14-13+. The van der Waals surface area contributed by atoms with Crippen LogP contribution in [0.2, 0.25) is 0 Å². The van der Waals surface area contributed by atoms with Crippen LogP contribution < -0.4 is 10.9 Å². The zero-order chi connectivity index (χ0) is 22.2. The molecule has 31 heavy (non-hydrogen) atoms. The van der Waals surface area contributed by atoms with Crippen molar-refractivity contribution in [2.45, 2.75) is 13.8 Å². The van der Waals surface area contributed by atoms with Crippen molar-refractivity contribution >= 4 is 23.9 Å². The minimum atomic E-state index is -0.684. The summed E-state index contributed by atoms with van der Waals surface area (Å²) in [5.41, 5.74) is 8.18. The predicted octanol–water partition coefficient (Wildman–Crippen LogP) is 2.51. The number of ether oxygens (including phenoxy) is 1. The summed E-state index contributed by atoms with van der Waals surface area (Å²) in [6, 6.07) is 18.1. The second-order valence-electron chi connectivity index (χ2n) is 6.64. The number of nitrogens with one attached hydrogen (secondary N) is 2. The zero-order valence-corrected chi connectivity index (χ0v) is 17.2. The van der Waals surface area contributed by atoms with Crippen LogP contribution in [0.1, 0.15) is 27.3 Å². The van der Waals surface area contributed by atoms with Crippen LogP contribution in [0.5, 0.6) is 0 Å². The van der Waals surface area contributed by atoms with E-state index in [9.17, 15) is 14.4 Å². The van der Waals surface area contributed by atoms with Gasteiger partial charge in [0, 0.05) is 22.9 Å². The first-order valence-electron chi connectivity index (χ1n) is 9.56. The first-order valence-corrected chi connectivity index (χ1v) is 9.56. The lowest BCUT2D eigenvalue weighted by Gasteiger charge is -2.07. The van der Waals surface area contributed by atoms with Gasteiger partial charge >= 0.3 is 5.97 Å². The maximum absolute atomic E-state index is 12.0. The average molecular weight is 418 g/mol. The molecule has 1 aromatic heterocycles. The molecule has 0 spiro atoms. The Morgan fingerprint density at radius 1 is 0.968 bits per heavy atom. The molecule has 0 bridgehead atoms. The van der Waals surface area contributed by atoms with Crippen LogP contribution in [0.3, 0.4) is 0 Å². The monoisotopic (exact) mass is 418 g/mol. The van der Waals surface area contributed by atoms with Gasteiger partial charge in [-0.3, -0.25) is 20.4 Å². The molecular weight excluding hydrogens is 396 g/mol. The largest absolute Gasteiger partial charge is 0.452 e. The average Bonchev–Trinajstić information content (AvgIpc) is 3.09. The number of benzene rings is 2. The number of nitrogens with zero attached hydrogens (tertiary/aromatic N) is 2. The minimum Gasteiger partial charge on any atom is -0.452 e. The van der Waals surface area contributed by atoms with Crippen molar-refractivity contribution in [3.8, 4) is 5.69 Å². The Bertz CT molecular complexity index is 1110. The highest BCUT2D eigenvalue weighted by Gasteiger charge is 2.12. The Kier molecular flexibility index (Phi) is 6.95. The molecule has 2 aromatic carbocycles. The Morgan fingerprint density at radius 2 is 1.61 bits per heavy atom. The van der Waals surface area contributed by atoms with Crippen LogP contribution in [0.4, 0.5) is 0 Å². The second kappa shape index (κ2) is 10.0. The van der Waals surface area contributed by atoms with Crippen molar-refractivity contribution in [1.82, 2.24) is 20.6 Å². The quantitative estimate of drug-likeness (QED) is 0.364. The van der Waals surface area contributed by atoms with E-state index in [0.717, 1.165) is 22.6 Å². The molecule has 8 heteroatoms. The Labute approximate surface area is 179 Å². The molecule has 0 fully saturated rings. The number of aromatic nitrogens is 2. The number of aryl methyl sites for hydroxylation is 1.